The first kappa shape index (κ1) is 15.4. The summed E-state index contributed by atoms with van der Waals surface area (Å²) in [4.78, 5) is 2.71. The zero-order chi connectivity index (χ0) is 13.5. The highest BCUT2D eigenvalue weighted by atomic mass is 79.9. The minimum atomic E-state index is 0.394. The smallest absolute Gasteiger partial charge is 0.133 e. The summed E-state index contributed by atoms with van der Waals surface area (Å²) in [5, 5.41) is 0. The number of nitrogens with two attached hydrogens (primary N) is 1. The normalized spacial score (nSPS) is 10.7. The van der Waals surface area contributed by atoms with E-state index in [0.29, 0.717) is 11.6 Å². The molecule has 5 heteroatoms. The first-order valence-electron chi connectivity index (χ1n) is 6.03. The molecule has 0 saturated carbocycles. The van der Waals surface area contributed by atoms with E-state index in [9.17, 15) is 0 Å². The van der Waals surface area contributed by atoms with E-state index in [1.165, 1.54) is 0 Å². The first-order valence-corrected chi connectivity index (χ1v) is 7.23. The number of thiocarbonyl (C=S) groups is 1. The SMILES string of the molecule is CCN(CC)CCOc1ccc(C(N)=S)cc1Br. The number of hydrogen-bond acceptors (Lipinski definition) is 3. The van der Waals surface area contributed by atoms with Crippen LogP contribution < -0.4 is 10.5 Å². The molecular weight excluding hydrogens is 312 g/mol. The molecule has 3 nitrogen and oxygen atoms in total. The predicted molar refractivity (Wildman–Crippen MR) is 83.3 cm³/mol. The monoisotopic (exact) mass is 330 g/mol. The largest absolute Gasteiger partial charge is 0.491 e. The summed E-state index contributed by atoms with van der Waals surface area (Å²) in [5.41, 5.74) is 6.41. The molecule has 2 N–H and O–H groups in total. The molecule has 18 heavy (non-hydrogen) atoms. The van der Waals surface area contributed by atoms with Crippen molar-refractivity contribution in [3.8, 4) is 5.75 Å². The average molecular weight is 331 g/mol. The van der Waals surface area contributed by atoms with Crippen LogP contribution in [-0.2, 0) is 0 Å². The Hall–Kier alpha value is -0.650. The Bertz CT molecular complexity index is 408. The molecule has 0 saturated heterocycles. The standard InChI is InChI=1S/C13H19BrN2OS/c1-3-16(4-2)7-8-17-12-6-5-10(13(15)18)9-11(12)14/h5-6,9H,3-4,7-8H2,1-2H3,(H2,15,18). The maximum atomic E-state index is 5.73. The van der Waals surface area contributed by atoms with Crippen molar-refractivity contribution in [1.82, 2.24) is 4.90 Å². The molecule has 0 radical (unpaired) electrons. The number of ether oxygens (including phenoxy) is 1. The number of benzene rings is 1. The highest BCUT2D eigenvalue weighted by molar-refractivity contribution is 9.10. The van der Waals surface area contributed by atoms with Gasteiger partial charge in [0.05, 0.1) is 4.47 Å². The van der Waals surface area contributed by atoms with Crippen molar-refractivity contribution >= 4 is 33.1 Å². The molecule has 0 amide bonds. The highest BCUT2D eigenvalue weighted by Gasteiger charge is 2.05. The summed E-state index contributed by atoms with van der Waals surface area (Å²) in [6, 6.07) is 5.65. The summed E-state index contributed by atoms with van der Waals surface area (Å²) in [6.07, 6.45) is 0. The van der Waals surface area contributed by atoms with E-state index in [0.717, 1.165) is 35.4 Å². The van der Waals surface area contributed by atoms with Gasteiger partial charge in [-0.1, -0.05) is 26.1 Å². The van der Waals surface area contributed by atoms with Crippen molar-refractivity contribution in [2.75, 3.05) is 26.2 Å². The maximum Gasteiger partial charge on any atom is 0.133 e. The van der Waals surface area contributed by atoms with Gasteiger partial charge in [0.15, 0.2) is 0 Å². The zero-order valence-electron chi connectivity index (χ0n) is 10.8. The van der Waals surface area contributed by atoms with Crippen molar-refractivity contribution in [2.24, 2.45) is 5.73 Å². The van der Waals surface area contributed by atoms with E-state index < -0.39 is 0 Å². The molecule has 0 unspecified atom stereocenters. The van der Waals surface area contributed by atoms with Gasteiger partial charge in [0, 0.05) is 12.1 Å². The number of hydrogen-bond donors (Lipinski definition) is 1. The number of halogens is 1. The lowest BCUT2D eigenvalue weighted by atomic mass is 10.2. The second kappa shape index (κ2) is 7.71. The Morgan fingerprint density at radius 2 is 2.06 bits per heavy atom. The van der Waals surface area contributed by atoms with Crippen LogP contribution in [0.3, 0.4) is 0 Å². The molecular formula is C13H19BrN2OS. The van der Waals surface area contributed by atoms with Crippen LogP contribution in [0.4, 0.5) is 0 Å². The van der Waals surface area contributed by atoms with Gasteiger partial charge in [-0.25, -0.2) is 0 Å². The van der Waals surface area contributed by atoms with Crippen LogP contribution in [0.5, 0.6) is 5.75 Å². The van der Waals surface area contributed by atoms with Crippen molar-refractivity contribution in [1.29, 1.82) is 0 Å². The molecule has 0 spiro atoms. The molecule has 0 heterocycles. The topological polar surface area (TPSA) is 38.5 Å². The third-order valence-corrected chi connectivity index (χ3v) is 3.63. The van der Waals surface area contributed by atoms with Crippen LogP contribution in [-0.4, -0.2) is 36.1 Å². The van der Waals surface area contributed by atoms with Crippen molar-refractivity contribution in [3.05, 3.63) is 28.2 Å². The fourth-order valence-corrected chi connectivity index (χ4v) is 2.22. The number of rotatable bonds is 7. The Morgan fingerprint density at radius 1 is 1.39 bits per heavy atom. The van der Waals surface area contributed by atoms with Crippen LogP contribution in [0, 0.1) is 0 Å². The molecule has 0 atom stereocenters. The lowest BCUT2D eigenvalue weighted by molar-refractivity contribution is 0.222. The Morgan fingerprint density at radius 3 is 2.56 bits per heavy atom. The minimum absolute atomic E-state index is 0.394. The molecule has 0 bridgehead atoms. The van der Waals surface area contributed by atoms with Crippen LogP contribution >= 0.6 is 28.1 Å². The molecule has 100 valence electrons. The molecule has 0 aliphatic carbocycles. The lowest BCUT2D eigenvalue weighted by Crippen LogP contribution is -2.27. The van der Waals surface area contributed by atoms with Crippen LogP contribution in [0.2, 0.25) is 0 Å². The summed E-state index contributed by atoms with van der Waals surface area (Å²) in [5.74, 6) is 0.821. The lowest BCUT2D eigenvalue weighted by Gasteiger charge is -2.18. The van der Waals surface area contributed by atoms with Gasteiger partial charge in [-0.3, -0.25) is 0 Å². The van der Waals surface area contributed by atoms with Gasteiger partial charge in [0.2, 0.25) is 0 Å². The predicted octanol–water partition coefficient (Wildman–Crippen LogP) is 2.80. The van der Waals surface area contributed by atoms with Crippen LogP contribution in [0.25, 0.3) is 0 Å². The second-order valence-electron chi connectivity index (χ2n) is 3.88. The maximum absolute atomic E-state index is 5.73. The van der Waals surface area contributed by atoms with E-state index in [-0.39, 0.29) is 0 Å². The van der Waals surface area contributed by atoms with E-state index >= 15 is 0 Å². The van der Waals surface area contributed by atoms with E-state index in [1.54, 1.807) is 0 Å². The molecule has 1 aromatic carbocycles. The highest BCUT2D eigenvalue weighted by Crippen LogP contribution is 2.25. The van der Waals surface area contributed by atoms with Crippen molar-refractivity contribution in [2.45, 2.75) is 13.8 Å². The summed E-state index contributed by atoms with van der Waals surface area (Å²) < 4.78 is 6.61. The Balaban J connectivity index is 2.55. The Kier molecular flexibility index (Phi) is 6.60. The number of likely N-dealkylation sites (N-methyl/N-ethyl adjacent to an activating group) is 1. The van der Waals surface area contributed by atoms with Crippen LogP contribution in [0.15, 0.2) is 22.7 Å². The van der Waals surface area contributed by atoms with Gasteiger partial charge in [0.1, 0.15) is 17.3 Å². The number of nitrogens with zero attached hydrogens (tertiary/aromatic N) is 1. The minimum Gasteiger partial charge on any atom is -0.491 e. The first-order chi connectivity index (χ1) is 8.58. The molecule has 0 fully saturated rings. The summed E-state index contributed by atoms with van der Waals surface area (Å²) in [6.45, 7) is 7.98. The second-order valence-corrected chi connectivity index (χ2v) is 5.18. The fourth-order valence-electron chi connectivity index (χ4n) is 1.60. The summed E-state index contributed by atoms with van der Waals surface area (Å²) >= 11 is 8.39. The average Bonchev–Trinajstić information content (AvgIpc) is 2.36. The van der Waals surface area contributed by atoms with Gasteiger partial charge in [-0.05, 0) is 47.2 Å². The van der Waals surface area contributed by atoms with Gasteiger partial charge >= 0.3 is 0 Å². The third kappa shape index (κ3) is 4.55. The molecule has 0 aliphatic rings. The molecule has 0 aliphatic heterocycles. The molecule has 0 aromatic heterocycles. The molecule has 1 rings (SSSR count). The quantitative estimate of drug-likeness (QED) is 0.780. The van der Waals surface area contributed by atoms with E-state index in [4.69, 9.17) is 22.7 Å². The Labute approximate surface area is 122 Å². The van der Waals surface area contributed by atoms with E-state index in [2.05, 4.69) is 34.7 Å². The van der Waals surface area contributed by atoms with Gasteiger partial charge in [0.25, 0.3) is 0 Å². The van der Waals surface area contributed by atoms with Crippen molar-refractivity contribution < 1.29 is 4.74 Å². The molecule has 1 aromatic rings. The van der Waals surface area contributed by atoms with Crippen molar-refractivity contribution in [3.63, 3.8) is 0 Å². The fraction of sp³-hybridized carbons (Fsp3) is 0.462. The summed E-state index contributed by atoms with van der Waals surface area (Å²) in [7, 11) is 0. The van der Waals surface area contributed by atoms with Gasteiger partial charge in [-0.15, -0.1) is 0 Å². The van der Waals surface area contributed by atoms with Gasteiger partial charge < -0.3 is 15.4 Å². The third-order valence-electron chi connectivity index (χ3n) is 2.78. The zero-order valence-corrected chi connectivity index (χ0v) is 13.2. The van der Waals surface area contributed by atoms with E-state index in [1.807, 2.05) is 18.2 Å². The van der Waals surface area contributed by atoms with Gasteiger partial charge in [-0.2, -0.15) is 0 Å². The van der Waals surface area contributed by atoms with Crippen LogP contribution in [0.1, 0.15) is 19.4 Å².